The number of piperidine rings is 1. The van der Waals surface area contributed by atoms with Gasteiger partial charge in [-0.25, -0.2) is 0 Å². The average molecular weight is 261 g/mol. The van der Waals surface area contributed by atoms with E-state index in [1.54, 1.807) is 0 Å². The van der Waals surface area contributed by atoms with Crippen molar-refractivity contribution in [1.82, 2.24) is 10.2 Å². The van der Waals surface area contributed by atoms with Gasteiger partial charge in [0.05, 0.1) is 0 Å². The van der Waals surface area contributed by atoms with Gasteiger partial charge in [0.2, 0.25) is 0 Å². The van der Waals surface area contributed by atoms with E-state index < -0.39 is 0 Å². The third-order valence-corrected chi connectivity index (χ3v) is 4.11. The molecule has 19 heavy (non-hydrogen) atoms. The molecule has 106 valence electrons. The highest BCUT2D eigenvalue weighted by Gasteiger charge is 2.16. The van der Waals surface area contributed by atoms with Gasteiger partial charge in [0, 0.05) is 18.3 Å². The molecule has 0 saturated carbocycles. The zero-order valence-electron chi connectivity index (χ0n) is 12.1. The van der Waals surface area contributed by atoms with Crippen LogP contribution in [0.25, 0.3) is 0 Å². The fraction of sp³-hybridized carbons (Fsp3) is 0.625. The van der Waals surface area contributed by atoms with Gasteiger partial charge < -0.3 is 16.0 Å². The summed E-state index contributed by atoms with van der Waals surface area (Å²) in [4.78, 5) is 2.63. The second-order valence-electron chi connectivity index (χ2n) is 5.61. The highest BCUT2D eigenvalue weighted by Crippen LogP contribution is 2.16. The van der Waals surface area contributed by atoms with Crippen LogP contribution in [0, 0.1) is 0 Å². The van der Waals surface area contributed by atoms with E-state index in [0.717, 1.165) is 24.8 Å². The van der Waals surface area contributed by atoms with Gasteiger partial charge in [-0.05, 0) is 57.5 Å². The number of benzene rings is 1. The molecule has 0 aliphatic carbocycles. The molecule has 1 saturated heterocycles. The lowest BCUT2D eigenvalue weighted by molar-refractivity contribution is 0.159. The third kappa shape index (κ3) is 4.51. The van der Waals surface area contributed by atoms with Crippen LogP contribution in [0.5, 0.6) is 0 Å². The van der Waals surface area contributed by atoms with Crippen molar-refractivity contribution in [3.8, 4) is 0 Å². The van der Waals surface area contributed by atoms with E-state index in [1.165, 1.54) is 44.3 Å². The topological polar surface area (TPSA) is 41.3 Å². The van der Waals surface area contributed by atoms with Crippen LogP contribution < -0.4 is 11.1 Å². The summed E-state index contributed by atoms with van der Waals surface area (Å²) in [7, 11) is 0. The summed E-state index contributed by atoms with van der Waals surface area (Å²) in [5, 5.41) is 3.49. The van der Waals surface area contributed by atoms with E-state index in [0.29, 0.717) is 0 Å². The predicted octanol–water partition coefficient (Wildman–Crippen LogP) is 2.62. The van der Waals surface area contributed by atoms with Gasteiger partial charge >= 0.3 is 0 Å². The van der Waals surface area contributed by atoms with E-state index >= 15 is 0 Å². The second kappa shape index (κ2) is 7.51. The Morgan fingerprint density at radius 3 is 2.95 bits per heavy atom. The Morgan fingerprint density at radius 1 is 1.32 bits per heavy atom. The highest BCUT2D eigenvalue weighted by molar-refractivity contribution is 5.46. The molecule has 3 N–H and O–H groups in total. The van der Waals surface area contributed by atoms with Crippen LogP contribution in [-0.4, -0.2) is 30.6 Å². The molecule has 1 atom stereocenters. The van der Waals surface area contributed by atoms with Gasteiger partial charge in [-0.15, -0.1) is 0 Å². The van der Waals surface area contributed by atoms with E-state index in [1.807, 2.05) is 18.2 Å². The Kier molecular flexibility index (Phi) is 5.67. The second-order valence-corrected chi connectivity index (χ2v) is 5.61. The molecule has 0 radical (unpaired) electrons. The fourth-order valence-electron chi connectivity index (χ4n) is 2.82. The molecule has 1 aliphatic heterocycles. The number of nitrogens with two attached hydrogens (primary N) is 1. The van der Waals surface area contributed by atoms with Crippen molar-refractivity contribution in [2.45, 2.75) is 45.2 Å². The Morgan fingerprint density at radius 2 is 2.16 bits per heavy atom. The molecule has 1 fully saturated rings. The quantitative estimate of drug-likeness (QED) is 0.611. The smallest absolute Gasteiger partial charge is 0.0359 e. The first kappa shape index (κ1) is 14.4. The SMILES string of the molecule is CC1CCCCN1CCCNCc1ccccc1N. The van der Waals surface area contributed by atoms with Gasteiger partial charge in [-0.2, -0.15) is 0 Å². The Balaban J connectivity index is 1.61. The van der Waals surface area contributed by atoms with E-state index in [2.05, 4.69) is 23.2 Å². The standard InChI is InChI=1S/C16H27N3/c1-14-7-4-5-11-19(14)12-6-10-18-13-15-8-2-3-9-16(15)17/h2-3,8-9,14,18H,4-7,10-13,17H2,1H3. The van der Waals surface area contributed by atoms with Crippen LogP contribution in [0.4, 0.5) is 5.69 Å². The molecule has 0 amide bonds. The molecule has 1 aromatic rings. The number of rotatable bonds is 6. The molecule has 1 unspecified atom stereocenters. The highest BCUT2D eigenvalue weighted by atomic mass is 15.2. The van der Waals surface area contributed by atoms with Gasteiger partial charge in [0.25, 0.3) is 0 Å². The number of hydrogen-bond acceptors (Lipinski definition) is 3. The maximum Gasteiger partial charge on any atom is 0.0359 e. The lowest BCUT2D eigenvalue weighted by Gasteiger charge is -2.33. The molecule has 1 aliphatic rings. The number of hydrogen-bond donors (Lipinski definition) is 2. The van der Waals surface area contributed by atoms with E-state index in [4.69, 9.17) is 5.73 Å². The maximum atomic E-state index is 5.92. The number of nitrogens with zero attached hydrogens (tertiary/aromatic N) is 1. The lowest BCUT2D eigenvalue weighted by atomic mass is 10.0. The van der Waals surface area contributed by atoms with Gasteiger partial charge in [-0.3, -0.25) is 0 Å². The average Bonchev–Trinajstić information content (AvgIpc) is 2.42. The molecule has 3 nitrogen and oxygen atoms in total. The molecule has 3 heteroatoms. The summed E-state index contributed by atoms with van der Waals surface area (Å²) in [6.07, 6.45) is 5.37. The summed E-state index contributed by atoms with van der Waals surface area (Å²) in [5.41, 5.74) is 8.01. The Hall–Kier alpha value is -1.06. The zero-order valence-corrected chi connectivity index (χ0v) is 12.1. The number of nitrogen functional groups attached to an aromatic ring is 1. The number of likely N-dealkylation sites (tertiary alicyclic amines) is 1. The predicted molar refractivity (Wildman–Crippen MR) is 82.1 cm³/mol. The van der Waals surface area contributed by atoms with Crippen LogP contribution in [0.2, 0.25) is 0 Å². The molecule has 1 heterocycles. The summed E-state index contributed by atoms with van der Waals surface area (Å²) in [5.74, 6) is 0. The molecule has 0 bridgehead atoms. The number of para-hydroxylation sites is 1. The molecule has 2 rings (SSSR count). The summed E-state index contributed by atoms with van der Waals surface area (Å²) >= 11 is 0. The fourth-order valence-corrected chi connectivity index (χ4v) is 2.82. The summed E-state index contributed by atoms with van der Waals surface area (Å²) in [6.45, 7) is 6.81. The molecule has 1 aromatic carbocycles. The van der Waals surface area contributed by atoms with Crippen molar-refractivity contribution in [2.24, 2.45) is 0 Å². The van der Waals surface area contributed by atoms with Crippen molar-refractivity contribution >= 4 is 5.69 Å². The zero-order chi connectivity index (χ0) is 13.5. The largest absolute Gasteiger partial charge is 0.398 e. The van der Waals surface area contributed by atoms with Crippen molar-refractivity contribution in [1.29, 1.82) is 0 Å². The first-order valence-electron chi connectivity index (χ1n) is 7.55. The monoisotopic (exact) mass is 261 g/mol. The Labute approximate surface area is 117 Å². The lowest BCUT2D eigenvalue weighted by Crippen LogP contribution is -2.38. The number of nitrogens with one attached hydrogen (secondary N) is 1. The van der Waals surface area contributed by atoms with Gasteiger partial charge in [0.1, 0.15) is 0 Å². The normalized spacial score (nSPS) is 20.6. The molecular weight excluding hydrogens is 234 g/mol. The van der Waals surface area contributed by atoms with Crippen molar-refractivity contribution in [2.75, 3.05) is 25.4 Å². The van der Waals surface area contributed by atoms with Crippen molar-refractivity contribution < 1.29 is 0 Å². The van der Waals surface area contributed by atoms with Crippen molar-refractivity contribution in [3.63, 3.8) is 0 Å². The van der Waals surface area contributed by atoms with Crippen LogP contribution >= 0.6 is 0 Å². The number of anilines is 1. The van der Waals surface area contributed by atoms with Crippen LogP contribution in [0.3, 0.4) is 0 Å². The van der Waals surface area contributed by atoms with E-state index in [-0.39, 0.29) is 0 Å². The summed E-state index contributed by atoms with van der Waals surface area (Å²) < 4.78 is 0. The minimum atomic E-state index is 0.776. The molecule has 0 aromatic heterocycles. The minimum Gasteiger partial charge on any atom is -0.398 e. The van der Waals surface area contributed by atoms with Gasteiger partial charge in [-0.1, -0.05) is 24.6 Å². The van der Waals surface area contributed by atoms with Crippen LogP contribution in [0.1, 0.15) is 38.2 Å². The minimum absolute atomic E-state index is 0.776. The third-order valence-electron chi connectivity index (χ3n) is 4.11. The van der Waals surface area contributed by atoms with Crippen LogP contribution in [-0.2, 0) is 6.54 Å². The van der Waals surface area contributed by atoms with E-state index in [9.17, 15) is 0 Å². The maximum absolute atomic E-state index is 5.92. The summed E-state index contributed by atoms with van der Waals surface area (Å²) in [6, 6.07) is 8.86. The van der Waals surface area contributed by atoms with Crippen LogP contribution in [0.15, 0.2) is 24.3 Å². The van der Waals surface area contributed by atoms with Crippen molar-refractivity contribution in [3.05, 3.63) is 29.8 Å². The molecular formula is C16H27N3. The first-order chi connectivity index (χ1) is 9.27. The Bertz CT molecular complexity index is 378. The van der Waals surface area contributed by atoms with Gasteiger partial charge in [0.15, 0.2) is 0 Å². The molecule has 0 spiro atoms. The first-order valence-corrected chi connectivity index (χ1v) is 7.55.